The van der Waals surface area contributed by atoms with Crippen molar-refractivity contribution in [1.82, 2.24) is 24.4 Å². The van der Waals surface area contributed by atoms with Crippen molar-refractivity contribution >= 4 is 45.5 Å². The van der Waals surface area contributed by atoms with Gasteiger partial charge >= 0.3 is 5.97 Å². The predicted octanol–water partition coefficient (Wildman–Crippen LogP) is -0.584. The number of anilines is 1. The van der Waals surface area contributed by atoms with E-state index in [0.29, 0.717) is 42.9 Å². The summed E-state index contributed by atoms with van der Waals surface area (Å²) in [5.41, 5.74) is 6.61. The number of ether oxygens (including phenoxy) is 1. The highest BCUT2D eigenvalue weighted by molar-refractivity contribution is 14.1. The van der Waals surface area contributed by atoms with Gasteiger partial charge in [-0.2, -0.15) is 0 Å². The van der Waals surface area contributed by atoms with Crippen LogP contribution in [0.2, 0.25) is 0 Å². The van der Waals surface area contributed by atoms with Gasteiger partial charge in [0, 0.05) is 24.6 Å². The van der Waals surface area contributed by atoms with E-state index >= 15 is 0 Å². The SMILES string of the molecule is CNc1ncnc2c1ncn2[C@@H]1O[C@H](CN(CCI)CCC[C@H](N)C(=O)O)C(O)[C@@H]1O. The number of hydrogen-bond donors (Lipinski definition) is 5. The molecule has 31 heavy (non-hydrogen) atoms. The number of carbonyl (C=O) groups is 1. The number of carboxylic acid groups (broad SMARTS) is 1. The first kappa shape index (κ1) is 24.0. The van der Waals surface area contributed by atoms with Crippen LogP contribution in [0, 0.1) is 0 Å². The standard InChI is InChI=1S/C18H28IN7O5/c1-21-15-12-16(23-8-22-15)26(9-24-12)17-14(28)13(27)11(31-17)7-25(6-4-19)5-2-3-10(20)18(29)30/h8-11,13-14,17,27-28H,2-7,20H2,1H3,(H,29,30)(H,21,22,23)/t10-,11+,13?,14-,17+/m0/s1. The number of nitrogens with two attached hydrogens (primary N) is 1. The molecule has 5 atom stereocenters. The summed E-state index contributed by atoms with van der Waals surface area (Å²) < 4.78 is 8.49. The van der Waals surface area contributed by atoms with E-state index < -0.39 is 36.6 Å². The molecule has 0 aromatic carbocycles. The van der Waals surface area contributed by atoms with Crippen molar-refractivity contribution in [3.63, 3.8) is 0 Å². The summed E-state index contributed by atoms with van der Waals surface area (Å²) in [6.45, 7) is 1.75. The number of aliphatic carboxylic acids is 1. The third-order valence-corrected chi connectivity index (χ3v) is 5.83. The fourth-order valence-electron chi connectivity index (χ4n) is 3.66. The number of alkyl halides is 1. The molecule has 0 amide bonds. The van der Waals surface area contributed by atoms with Crippen LogP contribution in [-0.4, -0.2) is 101 Å². The van der Waals surface area contributed by atoms with Crippen LogP contribution in [0.15, 0.2) is 12.7 Å². The molecule has 1 aliphatic rings. The number of imidazole rings is 1. The Morgan fingerprint density at radius 3 is 2.81 bits per heavy atom. The van der Waals surface area contributed by atoms with Crippen LogP contribution in [0.1, 0.15) is 19.1 Å². The Labute approximate surface area is 192 Å². The second-order valence-electron chi connectivity index (χ2n) is 7.42. The summed E-state index contributed by atoms with van der Waals surface area (Å²) in [6.07, 6.45) is 0.161. The Bertz CT molecular complexity index is 884. The van der Waals surface area contributed by atoms with Crippen LogP contribution in [0.5, 0.6) is 0 Å². The Kier molecular flexibility index (Phi) is 8.35. The molecule has 3 rings (SSSR count). The molecule has 2 aromatic rings. The van der Waals surface area contributed by atoms with Gasteiger partial charge in [0.05, 0.1) is 6.33 Å². The molecular formula is C18H28IN7O5. The zero-order valence-corrected chi connectivity index (χ0v) is 19.3. The highest BCUT2D eigenvalue weighted by Crippen LogP contribution is 2.32. The van der Waals surface area contributed by atoms with E-state index in [4.69, 9.17) is 15.6 Å². The second-order valence-corrected chi connectivity index (χ2v) is 8.50. The minimum absolute atomic E-state index is 0.362. The summed E-state index contributed by atoms with van der Waals surface area (Å²) in [7, 11) is 1.73. The van der Waals surface area contributed by atoms with Crippen LogP contribution < -0.4 is 11.1 Å². The number of nitrogens with zero attached hydrogens (tertiary/aromatic N) is 5. The number of halogens is 1. The zero-order valence-electron chi connectivity index (χ0n) is 17.1. The lowest BCUT2D eigenvalue weighted by Gasteiger charge is -2.26. The van der Waals surface area contributed by atoms with E-state index in [9.17, 15) is 15.0 Å². The molecule has 12 nitrogen and oxygen atoms in total. The third kappa shape index (κ3) is 5.40. The number of aromatic nitrogens is 4. The van der Waals surface area contributed by atoms with Gasteiger partial charge in [-0.05, 0) is 19.4 Å². The summed E-state index contributed by atoms with van der Waals surface area (Å²) in [5.74, 6) is -0.458. The highest BCUT2D eigenvalue weighted by Gasteiger charge is 2.44. The average Bonchev–Trinajstić information content (AvgIpc) is 3.30. The topological polar surface area (TPSA) is 172 Å². The lowest BCUT2D eigenvalue weighted by Crippen LogP contribution is -2.41. The molecule has 0 bridgehead atoms. The van der Waals surface area contributed by atoms with Crippen LogP contribution >= 0.6 is 22.6 Å². The number of hydrogen-bond acceptors (Lipinski definition) is 10. The van der Waals surface area contributed by atoms with Crippen LogP contribution in [0.3, 0.4) is 0 Å². The van der Waals surface area contributed by atoms with Crippen LogP contribution in [0.4, 0.5) is 5.82 Å². The molecule has 0 saturated carbocycles. The van der Waals surface area contributed by atoms with Crippen molar-refractivity contribution in [2.45, 2.75) is 43.4 Å². The van der Waals surface area contributed by atoms with E-state index in [1.165, 1.54) is 12.7 Å². The van der Waals surface area contributed by atoms with Gasteiger partial charge in [-0.25, -0.2) is 15.0 Å². The molecule has 2 aromatic heterocycles. The highest BCUT2D eigenvalue weighted by atomic mass is 127. The normalized spacial score (nSPS) is 24.7. The monoisotopic (exact) mass is 549 g/mol. The van der Waals surface area contributed by atoms with Gasteiger partial charge in [-0.1, -0.05) is 22.6 Å². The largest absolute Gasteiger partial charge is 0.480 e. The number of carboxylic acids is 1. The van der Waals surface area contributed by atoms with Gasteiger partial charge in [0.1, 0.15) is 36.2 Å². The van der Waals surface area contributed by atoms with E-state index in [0.717, 1.165) is 11.0 Å². The molecule has 172 valence electrons. The average molecular weight is 549 g/mol. The Balaban J connectivity index is 1.68. The number of fused-ring (bicyclic) bond motifs is 1. The summed E-state index contributed by atoms with van der Waals surface area (Å²) in [5, 5.41) is 33.2. The van der Waals surface area contributed by atoms with E-state index in [2.05, 4.69) is 47.8 Å². The molecule has 0 aliphatic carbocycles. The Morgan fingerprint density at radius 2 is 2.13 bits per heavy atom. The summed E-state index contributed by atoms with van der Waals surface area (Å²) in [4.78, 5) is 25.7. The molecular weight excluding hydrogens is 521 g/mol. The fraction of sp³-hybridized carbons (Fsp3) is 0.667. The molecule has 1 fully saturated rings. The molecule has 1 saturated heterocycles. The lowest BCUT2D eigenvalue weighted by atomic mass is 10.1. The van der Waals surface area contributed by atoms with E-state index in [-0.39, 0.29) is 0 Å². The van der Waals surface area contributed by atoms with Crippen molar-refractivity contribution < 1.29 is 24.9 Å². The minimum Gasteiger partial charge on any atom is -0.480 e. The van der Waals surface area contributed by atoms with Gasteiger partial charge < -0.3 is 31.1 Å². The molecule has 0 radical (unpaired) electrons. The number of aliphatic hydroxyl groups is 2. The van der Waals surface area contributed by atoms with Crippen molar-refractivity contribution in [2.24, 2.45) is 5.73 Å². The maximum absolute atomic E-state index is 10.9. The molecule has 13 heteroatoms. The maximum Gasteiger partial charge on any atom is 0.320 e. The summed E-state index contributed by atoms with van der Waals surface area (Å²) in [6, 6.07) is -0.889. The van der Waals surface area contributed by atoms with E-state index in [1.54, 1.807) is 11.6 Å². The maximum atomic E-state index is 10.9. The first-order valence-corrected chi connectivity index (χ1v) is 11.5. The number of aliphatic hydroxyl groups excluding tert-OH is 2. The first-order chi connectivity index (χ1) is 14.9. The molecule has 3 heterocycles. The third-order valence-electron chi connectivity index (χ3n) is 5.35. The van der Waals surface area contributed by atoms with Crippen LogP contribution in [0.25, 0.3) is 11.2 Å². The number of nitrogens with one attached hydrogen (secondary N) is 1. The second kappa shape index (κ2) is 10.8. The Morgan fingerprint density at radius 1 is 1.35 bits per heavy atom. The van der Waals surface area contributed by atoms with Gasteiger partial charge in [0.25, 0.3) is 0 Å². The fourth-order valence-corrected chi connectivity index (χ4v) is 4.34. The smallest absolute Gasteiger partial charge is 0.320 e. The van der Waals surface area contributed by atoms with Crippen molar-refractivity contribution in [1.29, 1.82) is 0 Å². The van der Waals surface area contributed by atoms with Crippen molar-refractivity contribution in [2.75, 3.05) is 36.4 Å². The molecule has 1 aliphatic heterocycles. The first-order valence-electron chi connectivity index (χ1n) is 10.0. The van der Waals surface area contributed by atoms with Gasteiger partial charge in [0.15, 0.2) is 17.7 Å². The quantitative estimate of drug-likeness (QED) is 0.179. The van der Waals surface area contributed by atoms with Gasteiger partial charge in [0.2, 0.25) is 0 Å². The lowest BCUT2D eigenvalue weighted by molar-refractivity contribution is -0.138. The number of rotatable bonds is 11. The van der Waals surface area contributed by atoms with Crippen molar-refractivity contribution in [3.8, 4) is 0 Å². The molecule has 6 N–H and O–H groups in total. The minimum atomic E-state index is -1.16. The van der Waals surface area contributed by atoms with E-state index in [1.807, 2.05) is 0 Å². The molecule has 0 spiro atoms. The zero-order chi connectivity index (χ0) is 22.5. The summed E-state index contributed by atoms with van der Waals surface area (Å²) >= 11 is 2.26. The van der Waals surface area contributed by atoms with Gasteiger partial charge in [-0.3, -0.25) is 14.3 Å². The Hall–Kier alpha value is -1.65. The predicted molar refractivity (Wildman–Crippen MR) is 121 cm³/mol. The molecule has 1 unspecified atom stereocenters. The van der Waals surface area contributed by atoms with Gasteiger partial charge in [-0.15, -0.1) is 0 Å². The van der Waals surface area contributed by atoms with Crippen LogP contribution in [-0.2, 0) is 9.53 Å². The van der Waals surface area contributed by atoms with Crippen molar-refractivity contribution in [3.05, 3.63) is 12.7 Å².